The summed E-state index contributed by atoms with van der Waals surface area (Å²) < 4.78 is 0. The number of benzene rings is 1. The van der Waals surface area contributed by atoms with Gasteiger partial charge in [-0.25, -0.2) is 0 Å². The van der Waals surface area contributed by atoms with Gasteiger partial charge < -0.3 is 10.6 Å². The van der Waals surface area contributed by atoms with E-state index in [0.717, 1.165) is 30.5 Å². The Kier molecular flexibility index (Phi) is 7.97. The van der Waals surface area contributed by atoms with Gasteiger partial charge in [0.05, 0.1) is 0 Å². The van der Waals surface area contributed by atoms with Crippen LogP contribution in [0.5, 0.6) is 0 Å². The van der Waals surface area contributed by atoms with Crippen LogP contribution in [0, 0.1) is 6.92 Å². The van der Waals surface area contributed by atoms with Gasteiger partial charge in [-0.1, -0.05) is 44.4 Å². The van der Waals surface area contributed by atoms with Crippen molar-refractivity contribution in [1.82, 2.24) is 0 Å². The van der Waals surface area contributed by atoms with Gasteiger partial charge in [0.25, 0.3) is 0 Å². The second-order valence-corrected chi connectivity index (χ2v) is 5.28. The molecule has 0 spiro atoms. The molecule has 1 amide bonds. The molecule has 0 unspecified atom stereocenters. The fourth-order valence-electron chi connectivity index (χ4n) is 2.33. The van der Waals surface area contributed by atoms with E-state index >= 15 is 0 Å². The molecule has 0 saturated carbocycles. The molecule has 0 aliphatic heterocycles. The molecule has 2 N–H and O–H groups in total. The van der Waals surface area contributed by atoms with E-state index in [-0.39, 0.29) is 5.91 Å². The number of anilines is 1. The molecule has 1 aromatic rings. The van der Waals surface area contributed by atoms with E-state index in [1.165, 1.54) is 12.8 Å². The zero-order valence-electron chi connectivity index (χ0n) is 12.9. The van der Waals surface area contributed by atoms with Gasteiger partial charge >= 0.3 is 0 Å². The molecular formula is C17H28N2O. The zero-order valence-corrected chi connectivity index (χ0v) is 12.9. The van der Waals surface area contributed by atoms with Gasteiger partial charge in [0.2, 0.25) is 5.91 Å². The summed E-state index contributed by atoms with van der Waals surface area (Å²) in [4.78, 5) is 14.4. The largest absolute Gasteiger partial charge is 0.330 e. The fourth-order valence-corrected chi connectivity index (χ4v) is 2.33. The quantitative estimate of drug-likeness (QED) is 0.700. The van der Waals surface area contributed by atoms with Crippen molar-refractivity contribution in [3.63, 3.8) is 0 Å². The first-order chi connectivity index (χ1) is 9.70. The van der Waals surface area contributed by atoms with Crippen molar-refractivity contribution in [3.8, 4) is 0 Å². The van der Waals surface area contributed by atoms with Gasteiger partial charge in [-0.05, 0) is 37.9 Å². The minimum atomic E-state index is 0.226. The van der Waals surface area contributed by atoms with E-state index < -0.39 is 0 Å². The van der Waals surface area contributed by atoms with E-state index in [0.29, 0.717) is 19.5 Å². The molecule has 0 fully saturated rings. The minimum Gasteiger partial charge on any atom is -0.330 e. The average Bonchev–Trinajstić information content (AvgIpc) is 2.46. The van der Waals surface area contributed by atoms with Gasteiger partial charge in [-0.3, -0.25) is 4.79 Å². The summed E-state index contributed by atoms with van der Waals surface area (Å²) in [5.41, 5.74) is 7.77. The lowest BCUT2D eigenvalue weighted by Crippen LogP contribution is -2.33. The number of unbranched alkanes of at least 4 members (excludes halogenated alkanes) is 3. The predicted octanol–water partition coefficient (Wildman–Crippen LogP) is 3.65. The summed E-state index contributed by atoms with van der Waals surface area (Å²) in [6, 6.07) is 8.07. The van der Waals surface area contributed by atoms with Crippen LogP contribution < -0.4 is 10.6 Å². The number of nitrogens with zero attached hydrogens (tertiary/aromatic N) is 1. The molecule has 0 aliphatic carbocycles. The van der Waals surface area contributed by atoms with Crippen LogP contribution in [0.25, 0.3) is 0 Å². The topological polar surface area (TPSA) is 46.3 Å². The molecule has 0 atom stereocenters. The maximum absolute atomic E-state index is 12.5. The number of nitrogens with two attached hydrogens (primary N) is 1. The van der Waals surface area contributed by atoms with Gasteiger partial charge in [-0.2, -0.15) is 0 Å². The van der Waals surface area contributed by atoms with Gasteiger partial charge in [0, 0.05) is 18.7 Å². The van der Waals surface area contributed by atoms with Gasteiger partial charge in [0.1, 0.15) is 0 Å². The molecule has 0 bridgehead atoms. The van der Waals surface area contributed by atoms with Crippen molar-refractivity contribution in [1.29, 1.82) is 0 Å². The lowest BCUT2D eigenvalue weighted by atomic mass is 10.1. The highest BCUT2D eigenvalue weighted by atomic mass is 16.2. The maximum Gasteiger partial charge on any atom is 0.226 e. The average molecular weight is 276 g/mol. The molecule has 1 rings (SSSR count). The van der Waals surface area contributed by atoms with Crippen LogP contribution in [0.15, 0.2) is 24.3 Å². The summed E-state index contributed by atoms with van der Waals surface area (Å²) in [5.74, 6) is 0.226. The first-order valence-corrected chi connectivity index (χ1v) is 7.76. The summed E-state index contributed by atoms with van der Waals surface area (Å²) in [5, 5.41) is 0. The summed E-state index contributed by atoms with van der Waals surface area (Å²) in [6.07, 6.45) is 6.01. The summed E-state index contributed by atoms with van der Waals surface area (Å²) >= 11 is 0. The van der Waals surface area contributed by atoms with E-state index in [9.17, 15) is 4.79 Å². The van der Waals surface area contributed by atoms with Crippen LogP contribution in [0.2, 0.25) is 0 Å². The predicted molar refractivity (Wildman–Crippen MR) is 86.0 cm³/mol. The lowest BCUT2D eigenvalue weighted by molar-refractivity contribution is -0.118. The molecule has 3 nitrogen and oxygen atoms in total. The number of carbonyl (C=O) groups is 1. The Bertz CT molecular complexity index is 404. The number of carbonyl (C=O) groups excluding carboxylic acids is 1. The highest BCUT2D eigenvalue weighted by molar-refractivity contribution is 5.94. The third kappa shape index (κ3) is 5.33. The van der Waals surface area contributed by atoms with Crippen molar-refractivity contribution in [2.75, 3.05) is 18.0 Å². The number of hydrogen-bond donors (Lipinski definition) is 1. The fraction of sp³-hybridized carbons (Fsp3) is 0.588. The second-order valence-electron chi connectivity index (χ2n) is 5.28. The summed E-state index contributed by atoms with van der Waals surface area (Å²) in [7, 11) is 0. The molecule has 0 aliphatic rings. The standard InChI is InChI=1S/C17H28N2O/c1-3-4-5-6-12-17(20)19(14-9-13-18)16-11-8-7-10-15(16)2/h7-8,10-11H,3-6,9,12-14,18H2,1-2H3. The normalized spacial score (nSPS) is 10.6. The number of hydrogen-bond acceptors (Lipinski definition) is 2. The molecule has 0 radical (unpaired) electrons. The third-order valence-corrected chi connectivity index (χ3v) is 3.54. The van der Waals surface area contributed by atoms with Crippen LogP contribution in [-0.2, 0) is 4.79 Å². The van der Waals surface area contributed by atoms with E-state index in [1.807, 2.05) is 23.1 Å². The molecule has 0 heterocycles. The van der Waals surface area contributed by atoms with Crippen LogP contribution >= 0.6 is 0 Å². The van der Waals surface area contributed by atoms with E-state index in [4.69, 9.17) is 5.73 Å². The van der Waals surface area contributed by atoms with Crippen LogP contribution in [0.1, 0.15) is 51.0 Å². The summed E-state index contributed by atoms with van der Waals surface area (Å²) in [6.45, 7) is 5.57. The molecule has 1 aromatic carbocycles. The SMILES string of the molecule is CCCCCCC(=O)N(CCCN)c1ccccc1C. The Balaban J connectivity index is 2.68. The smallest absolute Gasteiger partial charge is 0.226 e. The Morgan fingerprint density at radius 2 is 1.90 bits per heavy atom. The Morgan fingerprint density at radius 3 is 2.55 bits per heavy atom. The molecule has 3 heteroatoms. The van der Waals surface area contributed by atoms with Crippen LogP contribution in [0.3, 0.4) is 0 Å². The van der Waals surface area contributed by atoms with E-state index in [2.05, 4.69) is 19.9 Å². The van der Waals surface area contributed by atoms with Gasteiger partial charge in [0.15, 0.2) is 0 Å². The van der Waals surface area contributed by atoms with Crippen LogP contribution in [-0.4, -0.2) is 19.0 Å². The molecule has 0 saturated heterocycles. The lowest BCUT2D eigenvalue weighted by Gasteiger charge is -2.24. The van der Waals surface area contributed by atoms with Crippen molar-refractivity contribution >= 4 is 11.6 Å². The van der Waals surface area contributed by atoms with Crippen molar-refractivity contribution in [2.45, 2.75) is 52.4 Å². The van der Waals surface area contributed by atoms with Crippen molar-refractivity contribution < 1.29 is 4.79 Å². The van der Waals surface area contributed by atoms with Gasteiger partial charge in [-0.15, -0.1) is 0 Å². The molecular weight excluding hydrogens is 248 g/mol. The number of amides is 1. The Morgan fingerprint density at radius 1 is 1.15 bits per heavy atom. The molecule has 112 valence electrons. The highest BCUT2D eigenvalue weighted by Gasteiger charge is 2.16. The number of para-hydroxylation sites is 1. The Labute approximate surface area is 123 Å². The third-order valence-electron chi connectivity index (χ3n) is 3.54. The maximum atomic E-state index is 12.5. The van der Waals surface area contributed by atoms with Crippen LogP contribution in [0.4, 0.5) is 5.69 Å². The first-order valence-electron chi connectivity index (χ1n) is 7.76. The monoisotopic (exact) mass is 276 g/mol. The second kappa shape index (κ2) is 9.54. The minimum absolute atomic E-state index is 0.226. The first kappa shape index (κ1) is 16.7. The van der Waals surface area contributed by atoms with Crippen molar-refractivity contribution in [3.05, 3.63) is 29.8 Å². The molecule has 0 aromatic heterocycles. The molecule has 20 heavy (non-hydrogen) atoms. The zero-order chi connectivity index (χ0) is 14.8. The number of aryl methyl sites for hydroxylation is 1. The number of rotatable bonds is 9. The van der Waals surface area contributed by atoms with Crippen molar-refractivity contribution in [2.24, 2.45) is 5.73 Å². The van der Waals surface area contributed by atoms with E-state index in [1.54, 1.807) is 0 Å². The Hall–Kier alpha value is -1.35. The highest BCUT2D eigenvalue weighted by Crippen LogP contribution is 2.21.